The normalized spacial score (nSPS) is 26.6. The average molecular weight is 312 g/mol. The highest BCUT2D eigenvalue weighted by Gasteiger charge is 2.20. The monoisotopic (exact) mass is 312 g/mol. The van der Waals surface area contributed by atoms with Crippen molar-refractivity contribution >= 4 is 19.1 Å². The highest BCUT2D eigenvalue weighted by atomic mass is 15.3. The van der Waals surface area contributed by atoms with Crippen molar-refractivity contribution in [2.24, 2.45) is 10.1 Å². The SMILES string of the molecule is C=N/C=C(C=N)/C1=C/N/N=C\C=C(\N2CCCN(C)CC2)C1=C. The van der Waals surface area contributed by atoms with Gasteiger partial charge in [-0.2, -0.15) is 5.10 Å². The Kier molecular flexibility index (Phi) is 6.05. The summed E-state index contributed by atoms with van der Waals surface area (Å²) in [4.78, 5) is 8.45. The van der Waals surface area contributed by atoms with Gasteiger partial charge in [-0.1, -0.05) is 6.58 Å². The van der Waals surface area contributed by atoms with Gasteiger partial charge in [0.2, 0.25) is 0 Å². The minimum Gasteiger partial charge on any atom is -0.370 e. The van der Waals surface area contributed by atoms with E-state index in [9.17, 15) is 0 Å². The first-order chi connectivity index (χ1) is 11.2. The Morgan fingerprint density at radius 2 is 2.22 bits per heavy atom. The van der Waals surface area contributed by atoms with E-state index in [2.05, 4.69) is 45.7 Å². The van der Waals surface area contributed by atoms with Crippen LogP contribution in [0.4, 0.5) is 0 Å². The van der Waals surface area contributed by atoms with Gasteiger partial charge in [0.25, 0.3) is 0 Å². The number of nitrogens with one attached hydrogen (secondary N) is 2. The Hall–Kier alpha value is -2.47. The molecule has 6 heteroatoms. The van der Waals surface area contributed by atoms with Crippen LogP contribution in [0.2, 0.25) is 0 Å². The summed E-state index contributed by atoms with van der Waals surface area (Å²) in [6.07, 6.45) is 9.38. The van der Waals surface area contributed by atoms with Crippen LogP contribution >= 0.6 is 0 Å². The number of nitrogens with zero attached hydrogens (tertiary/aromatic N) is 4. The summed E-state index contributed by atoms with van der Waals surface area (Å²) in [5.74, 6) is 0. The van der Waals surface area contributed by atoms with Crippen molar-refractivity contribution in [1.29, 1.82) is 5.41 Å². The second-order valence-electron chi connectivity index (χ2n) is 5.55. The first-order valence-corrected chi connectivity index (χ1v) is 7.66. The maximum absolute atomic E-state index is 7.62. The van der Waals surface area contributed by atoms with Gasteiger partial charge < -0.3 is 15.2 Å². The molecule has 0 spiro atoms. The molecule has 0 bridgehead atoms. The Morgan fingerprint density at radius 1 is 1.39 bits per heavy atom. The fraction of sp³-hybridized carbons (Fsp3) is 0.353. The van der Waals surface area contributed by atoms with Crippen molar-refractivity contribution in [1.82, 2.24) is 15.2 Å². The second kappa shape index (κ2) is 8.24. The van der Waals surface area contributed by atoms with E-state index in [0.29, 0.717) is 5.57 Å². The minimum absolute atomic E-state index is 0.646. The lowest BCUT2D eigenvalue weighted by atomic mass is 9.97. The molecule has 1 fully saturated rings. The van der Waals surface area contributed by atoms with E-state index in [1.807, 2.05) is 6.08 Å². The zero-order chi connectivity index (χ0) is 16.7. The molecule has 0 aromatic rings. The standard InChI is InChI=1S/C17H24N6/c1-14-16(15(11-18)12-19-2)13-21-20-6-5-17(14)23-8-4-7-22(3)9-10-23/h5-6,11-13,18,21H,1-2,4,7-10H2,3H3/b15-12+,16-13+,17-5+,18-11?,20-6-. The third-order valence-electron chi connectivity index (χ3n) is 3.98. The maximum atomic E-state index is 7.62. The molecular weight excluding hydrogens is 288 g/mol. The van der Waals surface area contributed by atoms with E-state index in [4.69, 9.17) is 5.41 Å². The summed E-state index contributed by atoms with van der Waals surface area (Å²) < 4.78 is 0. The molecule has 0 saturated carbocycles. The van der Waals surface area contributed by atoms with Crippen LogP contribution in [0.25, 0.3) is 0 Å². The Labute approximate surface area is 137 Å². The third-order valence-corrected chi connectivity index (χ3v) is 3.98. The quantitative estimate of drug-likeness (QED) is 0.778. The fourth-order valence-corrected chi connectivity index (χ4v) is 2.70. The minimum atomic E-state index is 0.646. The third kappa shape index (κ3) is 4.26. The van der Waals surface area contributed by atoms with Gasteiger partial charge in [0, 0.05) is 66.9 Å². The van der Waals surface area contributed by atoms with Crippen molar-refractivity contribution < 1.29 is 0 Å². The molecule has 6 nitrogen and oxygen atoms in total. The smallest absolute Gasteiger partial charge is 0.0492 e. The predicted molar refractivity (Wildman–Crippen MR) is 97.0 cm³/mol. The molecule has 2 rings (SSSR count). The lowest BCUT2D eigenvalue weighted by Crippen LogP contribution is -2.30. The van der Waals surface area contributed by atoms with Gasteiger partial charge in [0.1, 0.15) is 0 Å². The van der Waals surface area contributed by atoms with Crippen molar-refractivity contribution in [3.63, 3.8) is 0 Å². The summed E-state index contributed by atoms with van der Waals surface area (Å²) in [6, 6.07) is 0. The van der Waals surface area contributed by atoms with E-state index < -0.39 is 0 Å². The lowest BCUT2D eigenvalue weighted by molar-refractivity contribution is 0.329. The van der Waals surface area contributed by atoms with Crippen LogP contribution in [0.5, 0.6) is 0 Å². The number of hydrogen-bond donors (Lipinski definition) is 2. The predicted octanol–water partition coefficient (Wildman–Crippen LogP) is 1.77. The molecule has 23 heavy (non-hydrogen) atoms. The molecule has 2 heterocycles. The number of likely N-dealkylation sites (N-methyl/N-ethyl adjacent to an activating group) is 1. The van der Waals surface area contributed by atoms with Crippen LogP contribution in [-0.2, 0) is 0 Å². The summed E-state index contributed by atoms with van der Waals surface area (Å²) in [7, 11) is 2.15. The van der Waals surface area contributed by atoms with Crippen molar-refractivity contribution in [3.8, 4) is 0 Å². The van der Waals surface area contributed by atoms with Crippen molar-refractivity contribution in [2.45, 2.75) is 6.42 Å². The van der Waals surface area contributed by atoms with E-state index in [1.54, 1.807) is 18.6 Å². The van der Waals surface area contributed by atoms with Gasteiger partial charge in [-0.05, 0) is 32.8 Å². The van der Waals surface area contributed by atoms with Crippen molar-refractivity contribution in [3.05, 3.63) is 47.5 Å². The molecule has 2 aliphatic heterocycles. The summed E-state index contributed by atoms with van der Waals surface area (Å²) in [6.45, 7) is 11.8. The molecule has 0 aromatic carbocycles. The second-order valence-corrected chi connectivity index (χ2v) is 5.55. The highest BCUT2D eigenvalue weighted by Crippen LogP contribution is 2.27. The lowest BCUT2D eigenvalue weighted by Gasteiger charge is -2.28. The van der Waals surface area contributed by atoms with E-state index in [1.165, 1.54) is 6.21 Å². The fourth-order valence-electron chi connectivity index (χ4n) is 2.70. The van der Waals surface area contributed by atoms with Crippen LogP contribution in [0, 0.1) is 5.41 Å². The van der Waals surface area contributed by atoms with E-state index in [0.717, 1.165) is 49.4 Å². The highest BCUT2D eigenvalue weighted by molar-refractivity contribution is 5.86. The molecule has 1 saturated heterocycles. The Bertz CT molecular complexity index is 596. The molecule has 0 aliphatic carbocycles. The Balaban J connectivity index is 2.33. The number of hydrazone groups is 1. The van der Waals surface area contributed by atoms with Crippen LogP contribution in [0.1, 0.15) is 6.42 Å². The number of hydrogen-bond acceptors (Lipinski definition) is 6. The average Bonchev–Trinajstić information content (AvgIpc) is 2.75. The van der Waals surface area contributed by atoms with Crippen LogP contribution in [0.3, 0.4) is 0 Å². The van der Waals surface area contributed by atoms with Crippen LogP contribution in [-0.4, -0.2) is 62.2 Å². The molecule has 0 unspecified atom stereocenters. The molecule has 122 valence electrons. The van der Waals surface area contributed by atoms with Crippen molar-refractivity contribution in [2.75, 3.05) is 33.2 Å². The zero-order valence-corrected chi connectivity index (χ0v) is 13.6. The molecule has 2 N–H and O–H groups in total. The number of aliphatic imine (C=N–C) groups is 1. The first-order valence-electron chi connectivity index (χ1n) is 7.66. The van der Waals surface area contributed by atoms with E-state index >= 15 is 0 Å². The first kappa shape index (κ1) is 16.9. The molecule has 0 amide bonds. The van der Waals surface area contributed by atoms with Gasteiger partial charge >= 0.3 is 0 Å². The van der Waals surface area contributed by atoms with Gasteiger partial charge in [-0.3, -0.25) is 10.4 Å². The van der Waals surface area contributed by atoms with E-state index in [-0.39, 0.29) is 0 Å². The van der Waals surface area contributed by atoms with Crippen LogP contribution < -0.4 is 5.43 Å². The maximum Gasteiger partial charge on any atom is 0.0492 e. The van der Waals surface area contributed by atoms with Crippen LogP contribution in [0.15, 0.2) is 57.6 Å². The molecular formula is C17H24N6. The molecule has 0 aromatic heterocycles. The summed E-state index contributed by atoms with van der Waals surface area (Å²) in [5, 5.41) is 11.7. The summed E-state index contributed by atoms with van der Waals surface area (Å²) in [5.41, 5.74) is 6.19. The summed E-state index contributed by atoms with van der Waals surface area (Å²) >= 11 is 0. The van der Waals surface area contributed by atoms with Gasteiger partial charge in [-0.25, -0.2) is 0 Å². The molecule has 0 radical (unpaired) electrons. The molecule has 2 aliphatic rings. The van der Waals surface area contributed by atoms with Gasteiger partial charge in [0.15, 0.2) is 0 Å². The topological polar surface area (TPSA) is 67.1 Å². The number of rotatable bonds is 4. The Morgan fingerprint density at radius 3 is 2.96 bits per heavy atom. The molecule has 0 atom stereocenters. The number of allylic oxidation sites excluding steroid dienone is 3. The largest absolute Gasteiger partial charge is 0.370 e. The van der Waals surface area contributed by atoms with Gasteiger partial charge in [0.05, 0.1) is 0 Å². The zero-order valence-electron chi connectivity index (χ0n) is 13.6. The van der Waals surface area contributed by atoms with Gasteiger partial charge in [-0.15, -0.1) is 0 Å².